The summed E-state index contributed by atoms with van der Waals surface area (Å²) < 4.78 is 4.84. The Kier molecular flexibility index (Phi) is 5.90. The Morgan fingerprint density at radius 2 is 2.31 bits per heavy atom. The zero-order valence-electron chi connectivity index (χ0n) is 10.1. The van der Waals surface area contributed by atoms with Gasteiger partial charge in [0.1, 0.15) is 5.01 Å². The number of aliphatic hydroxyl groups is 1. The van der Waals surface area contributed by atoms with Crippen LogP contribution in [-0.2, 0) is 11.3 Å². The number of thiazole rings is 1. The van der Waals surface area contributed by atoms with Crippen molar-refractivity contribution < 1.29 is 9.84 Å². The summed E-state index contributed by atoms with van der Waals surface area (Å²) in [6.45, 7) is 5.92. The van der Waals surface area contributed by atoms with Crippen molar-refractivity contribution in [2.24, 2.45) is 0 Å². The SMILES string of the molecule is COCC(O)CNCc1ncc(C(C)C)s1. The van der Waals surface area contributed by atoms with Crippen LogP contribution >= 0.6 is 11.3 Å². The van der Waals surface area contributed by atoms with Gasteiger partial charge in [-0.3, -0.25) is 0 Å². The fourth-order valence-electron chi connectivity index (χ4n) is 1.27. The summed E-state index contributed by atoms with van der Waals surface area (Å²) in [5.41, 5.74) is 0. The topological polar surface area (TPSA) is 54.4 Å². The lowest BCUT2D eigenvalue weighted by atomic mass is 10.2. The number of hydrogen-bond donors (Lipinski definition) is 2. The predicted molar refractivity (Wildman–Crippen MR) is 65.8 cm³/mol. The Morgan fingerprint density at radius 3 is 2.88 bits per heavy atom. The van der Waals surface area contributed by atoms with Crippen LogP contribution in [0.25, 0.3) is 0 Å². The first-order valence-corrected chi connectivity index (χ1v) is 6.27. The number of ether oxygens (including phenoxy) is 1. The fourth-order valence-corrected chi connectivity index (χ4v) is 2.16. The third kappa shape index (κ3) is 4.57. The van der Waals surface area contributed by atoms with Crippen molar-refractivity contribution in [3.63, 3.8) is 0 Å². The van der Waals surface area contributed by atoms with Gasteiger partial charge in [0, 0.05) is 31.3 Å². The van der Waals surface area contributed by atoms with Gasteiger partial charge in [-0.2, -0.15) is 0 Å². The van der Waals surface area contributed by atoms with E-state index in [1.165, 1.54) is 4.88 Å². The van der Waals surface area contributed by atoms with Gasteiger partial charge in [-0.1, -0.05) is 13.8 Å². The molecular weight excluding hydrogens is 224 g/mol. The van der Waals surface area contributed by atoms with Crippen molar-refractivity contribution in [1.82, 2.24) is 10.3 Å². The summed E-state index contributed by atoms with van der Waals surface area (Å²) in [5, 5.41) is 13.6. The molecule has 0 aliphatic carbocycles. The van der Waals surface area contributed by atoms with Gasteiger partial charge in [0.15, 0.2) is 0 Å². The molecule has 0 saturated carbocycles. The van der Waals surface area contributed by atoms with Crippen LogP contribution in [0.4, 0.5) is 0 Å². The van der Waals surface area contributed by atoms with Gasteiger partial charge in [0.25, 0.3) is 0 Å². The van der Waals surface area contributed by atoms with Gasteiger partial charge in [-0.25, -0.2) is 4.98 Å². The number of aliphatic hydroxyl groups excluding tert-OH is 1. The van der Waals surface area contributed by atoms with Gasteiger partial charge >= 0.3 is 0 Å². The first-order valence-electron chi connectivity index (χ1n) is 5.45. The molecule has 1 aromatic heterocycles. The average molecular weight is 244 g/mol. The van der Waals surface area contributed by atoms with E-state index in [4.69, 9.17) is 4.74 Å². The second-order valence-electron chi connectivity index (χ2n) is 4.05. The summed E-state index contributed by atoms with van der Waals surface area (Å²) in [5.74, 6) is 0.533. The molecule has 1 heterocycles. The van der Waals surface area contributed by atoms with E-state index in [1.54, 1.807) is 18.4 Å². The van der Waals surface area contributed by atoms with E-state index in [0.29, 0.717) is 25.6 Å². The molecule has 2 N–H and O–H groups in total. The molecule has 0 amide bonds. The quantitative estimate of drug-likeness (QED) is 0.760. The van der Waals surface area contributed by atoms with Gasteiger partial charge in [-0.15, -0.1) is 11.3 Å². The van der Waals surface area contributed by atoms with Crippen molar-refractivity contribution in [2.45, 2.75) is 32.4 Å². The largest absolute Gasteiger partial charge is 0.389 e. The molecule has 0 bridgehead atoms. The number of methoxy groups -OCH3 is 1. The number of rotatable bonds is 7. The van der Waals surface area contributed by atoms with Crippen LogP contribution in [0.3, 0.4) is 0 Å². The minimum absolute atomic E-state index is 0.363. The fraction of sp³-hybridized carbons (Fsp3) is 0.727. The zero-order chi connectivity index (χ0) is 12.0. The second kappa shape index (κ2) is 6.96. The van der Waals surface area contributed by atoms with Crippen LogP contribution in [0.2, 0.25) is 0 Å². The van der Waals surface area contributed by atoms with Crippen LogP contribution < -0.4 is 5.32 Å². The number of nitrogens with zero attached hydrogens (tertiary/aromatic N) is 1. The molecular formula is C11H20N2O2S. The lowest BCUT2D eigenvalue weighted by molar-refractivity contribution is 0.0644. The molecule has 4 nitrogen and oxygen atoms in total. The van der Waals surface area contributed by atoms with E-state index in [2.05, 4.69) is 24.1 Å². The molecule has 92 valence electrons. The van der Waals surface area contributed by atoms with E-state index in [9.17, 15) is 5.11 Å². The smallest absolute Gasteiger partial charge is 0.107 e. The Balaban J connectivity index is 2.26. The maximum atomic E-state index is 9.42. The Bertz CT molecular complexity index is 302. The van der Waals surface area contributed by atoms with Crippen LogP contribution in [0.15, 0.2) is 6.20 Å². The molecule has 0 spiro atoms. The molecule has 5 heteroatoms. The molecule has 0 aliphatic heterocycles. The minimum Gasteiger partial charge on any atom is -0.389 e. The Morgan fingerprint density at radius 1 is 1.56 bits per heavy atom. The third-order valence-electron chi connectivity index (χ3n) is 2.16. The van der Waals surface area contributed by atoms with Crippen LogP contribution in [0, 0.1) is 0 Å². The molecule has 1 aromatic rings. The minimum atomic E-state index is -0.450. The van der Waals surface area contributed by atoms with Crippen LogP contribution in [0.1, 0.15) is 29.7 Å². The average Bonchev–Trinajstić information content (AvgIpc) is 2.67. The molecule has 0 saturated heterocycles. The number of nitrogens with one attached hydrogen (secondary N) is 1. The third-order valence-corrected chi connectivity index (χ3v) is 3.45. The normalized spacial score (nSPS) is 13.3. The monoisotopic (exact) mass is 244 g/mol. The number of hydrogen-bond acceptors (Lipinski definition) is 5. The summed E-state index contributed by atoms with van der Waals surface area (Å²) in [4.78, 5) is 5.62. The van der Waals surface area contributed by atoms with Crippen LogP contribution in [-0.4, -0.2) is 36.5 Å². The predicted octanol–water partition coefficient (Wildman–Crippen LogP) is 1.36. The lowest BCUT2D eigenvalue weighted by Crippen LogP contribution is -2.29. The van der Waals surface area contributed by atoms with Crippen molar-refractivity contribution in [3.05, 3.63) is 16.1 Å². The maximum Gasteiger partial charge on any atom is 0.107 e. The molecule has 1 rings (SSSR count). The van der Waals surface area contributed by atoms with Gasteiger partial charge in [0.05, 0.1) is 12.7 Å². The highest BCUT2D eigenvalue weighted by Crippen LogP contribution is 2.21. The maximum absolute atomic E-state index is 9.42. The first kappa shape index (κ1) is 13.6. The van der Waals surface area contributed by atoms with Gasteiger partial charge < -0.3 is 15.2 Å². The van der Waals surface area contributed by atoms with E-state index < -0.39 is 6.10 Å². The zero-order valence-corrected chi connectivity index (χ0v) is 10.9. The molecule has 0 radical (unpaired) electrons. The van der Waals surface area contributed by atoms with E-state index in [0.717, 1.165) is 5.01 Å². The van der Waals surface area contributed by atoms with Gasteiger partial charge in [0.2, 0.25) is 0 Å². The van der Waals surface area contributed by atoms with E-state index >= 15 is 0 Å². The van der Waals surface area contributed by atoms with Crippen molar-refractivity contribution in [3.8, 4) is 0 Å². The van der Waals surface area contributed by atoms with Gasteiger partial charge in [-0.05, 0) is 5.92 Å². The van der Waals surface area contributed by atoms with E-state index in [-0.39, 0.29) is 0 Å². The Labute approximate surface area is 101 Å². The molecule has 0 aromatic carbocycles. The molecule has 0 aliphatic rings. The first-order chi connectivity index (χ1) is 7.63. The second-order valence-corrected chi connectivity index (χ2v) is 5.20. The highest BCUT2D eigenvalue weighted by atomic mass is 32.1. The highest BCUT2D eigenvalue weighted by molar-refractivity contribution is 7.11. The summed E-state index contributed by atoms with van der Waals surface area (Å²) in [6, 6.07) is 0. The lowest BCUT2D eigenvalue weighted by Gasteiger charge is -2.09. The van der Waals surface area contributed by atoms with Crippen molar-refractivity contribution in [1.29, 1.82) is 0 Å². The van der Waals surface area contributed by atoms with E-state index in [1.807, 2.05) is 6.20 Å². The van der Waals surface area contributed by atoms with Crippen molar-refractivity contribution >= 4 is 11.3 Å². The summed E-state index contributed by atoms with van der Waals surface area (Å²) >= 11 is 1.72. The molecule has 16 heavy (non-hydrogen) atoms. The Hall–Kier alpha value is -0.490. The van der Waals surface area contributed by atoms with Crippen LogP contribution in [0.5, 0.6) is 0 Å². The summed E-state index contributed by atoms with van der Waals surface area (Å²) in [7, 11) is 1.58. The standard InChI is InChI=1S/C11H20N2O2S/c1-8(2)10-5-13-11(16-10)6-12-4-9(14)7-15-3/h5,8-9,12,14H,4,6-7H2,1-3H3. The molecule has 1 atom stereocenters. The van der Waals surface area contributed by atoms with Crippen molar-refractivity contribution in [2.75, 3.05) is 20.3 Å². The number of aromatic nitrogens is 1. The highest BCUT2D eigenvalue weighted by Gasteiger charge is 2.06. The molecule has 0 fully saturated rings. The summed E-state index contributed by atoms with van der Waals surface area (Å²) in [6.07, 6.45) is 1.48. The molecule has 1 unspecified atom stereocenters.